The fourth-order valence-electron chi connectivity index (χ4n) is 1.80. The van der Waals surface area contributed by atoms with E-state index in [1.807, 2.05) is 13.0 Å². The number of ether oxygens (including phenoxy) is 1. The molecule has 0 spiro atoms. The Morgan fingerprint density at radius 2 is 1.81 bits per heavy atom. The lowest BCUT2D eigenvalue weighted by molar-refractivity contribution is -0.274. The van der Waals surface area contributed by atoms with Crippen molar-refractivity contribution >= 4 is 17.1 Å². The molecule has 0 aliphatic rings. The third kappa shape index (κ3) is 4.60. The Morgan fingerprint density at radius 1 is 1.14 bits per heavy atom. The molecule has 0 radical (unpaired) electrons. The summed E-state index contributed by atoms with van der Waals surface area (Å²) in [5.74, 6) is -0.327. The van der Waals surface area contributed by atoms with E-state index in [2.05, 4.69) is 4.74 Å². The molecule has 0 saturated carbocycles. The van der Waals surface area contributed by atoms with Crippen LogP contribution in [0.5, 0.6) is 5.75 Å². The van der Waals surface area contributed by atoms with Crippen LogP contribution in [0.4, 0.5) is 13.2 Å². The van der Waals surface area contributed by atoms with Crippen molar-refractivity contribution in [1.82, 2.24) is 0 Å². The van der Waals surface area contributed by atoms with Gasteiger partial charge in [0.25, 0.3) is 0 Å². The van der Waals surface area contributed by atoms with Crippen molar-refractivity contribution in [3.8, 4) is 5.75 Å². The highest BCUT2D eigenvalue weighted by Gasteiger charge is 2.30. The summed E-state index contributed by atoms with van der Waals surface area (Å²) in [6.45, 7) is 2.01. The molecule has 0 bridgehead atoms. The minimum absolute atomic E-state index is 0.0378. The predicted molar refractivity (Wildman–Crippen MR) is 74.9 cm³/mol. The van der Waals surface area contributed by atoms with E-state index >= 15 is 0 Å². The number of alkyl halides is 3. The summed E-state index contributed by atoms with van der Waals surface area (Å²) in [6.07, 6.45) is -3.66. The van der Waals surface area contributed by atoms with Crippen LogP contribution >= 0.6 is 11.3 Å². The third-order valence-corrected chi connectivity index (χ3v) is 4.08. The molecule has 1 aromatic heterocycles. The fourth-order valence-corrected chi connectivity index (χ4v) is 2.68. The van der Waals surface area contributed by atoms with Gasteiger partial charge in [0.15, 0.2) is 5.78 Å². The lowest BCUT2D eigenvalue weighted by atomic mass is 10.1. The monoisotopic (exact) mass is 314 g/mol. The highest BCUT2D eigenvalue weighted by molar-refractivity contribution is 7.14. The molecule has 2 nitrogen and oxygen atoms in total. The van der Waals surface area contributed by atoms with Gasteiger partial charge in [0.2, 0.25) is 0 Å². The molecule has 112 valence electrons. The summed E-state index contributed by atoms with van der Waals surface area (Å²) in [4.78, 5) is 13.9. The predicted octanol–water partition coefficient (Wildman–Crippen LogP) is 4.63. The summed E-state index contributed by atoms with van der Waals surface area (Å²) < 4.78 is 39.9. The summed E-state index contributed by atoms with van der Waals surface area (Å²) in [5, 5.41) is 0. The first-order valence-electron chi connectivity index (χ1n) is 6.34. The molecular formula is C15H13F3O2S. The quantitative estimate of drug-likeness (QED) is 0.752. The van der Waals surface area contributed by atoms with E-state index in [0.717, 1.165) is 11.3 Å². The molecule has 6 heteroatoms. The van der Waals surface area contributed by atoms with Crippen molar-refractivity contribution in [2.75, 3.05) is 0 Å². The third-order valence-electron chi connectivity index (χ3n) is 2.81. The number of ketones is 1. The zero-order valence-corrected chi connectivity index (χ0v) is 12.1. The molecule has 0 atom stereocenters. The summed E-state index contributed by atoms with van der Waals surface area (Å²) >= 11 is 1.45. The Labute approximate surface area is 124 Å². The van der Waals surface area contributed by atoms with Gasteiger partial charge in [-0.3, -0.25) is 4.79 Å². The number of benzene rings is 1. The van der Waals surface area contributed by atoms with E-state index in [9.17, 15) is 18.0 Å². The molecule has 0 unspecified atom stereocenters. The molecule has 0 amide bonds. The van der Waals surface area contributed by atoms with E-state index in [4.69, 9.17) is 0 Å². The van der Waals surface area contributed by atoms with E-state index in [1.54, 1.807) is 6.07 Å². The van der Waals surface area contributed by atoms with Crippen LogP contribution in [0.15, 0.2) is 36.4 Å². The standard InChI is InChI=1S/C15H13F3O2S/c1-2-12-7-8-14(21-12)13(19)9-10-3-5-11(6-4-10)20-15(16,17)18/h3-8H,2,9H2,1H3. The molecule has 0 N–H and O–H groups in total. The maximum atomic E-state index is 12.1. The van der Waals surface area contributed by atoms with Gasteiger partial charge in [-0.15, -0.1) is 24.5 Å². The Bertz CT molecular complexity index is 615. The topological polar surface area (TPSA) is 26.3 Å². The van der Waals surface area contributed by atoms with Crippen LogP contribution in [0.3, 0.4) is 0 Å². The maximum Gasteiger partial charge on any atom is 0.573 e. The lowest BCUT2D eigenvalue weighted by Gasteiger charge is -2.09. The first-order chi connectivity index (χ1) is 9.87. The molecule has 0 aliphatic carbocycles. The summed E-state index contributed by atoms with van der Waals surface area (Å²) in [7, 11) is 0. The number of rotatable bonds is 5. The minimum Gasteiger partial charge on any atom is -0.406 e. The van der Waals surface area contributed by atoms with Crippen LogP contribution in [0.25, 0.3) is 0 Å². The lowest BCUT2D eigenvalue weighted by Crippen LogP contribution is -2.17. The largest absolute Gasteiger partial charge is 0.573 e. The van der Waals surface area contributed by atoms with E-state index in [0.29, 0.717) is 10.4 Å². The molecule has 0 saturated heterocycles. The second-order valence-corrected chi connectivity index (χ2v) is 5.58. The van der Waals surface area contributed by atoms with Crippen LogP contribution in [0.2, 0.25) is 0 Å². The molecule has 2 rings (SSSR count). The Kier molecular flexibility index (Phi) is 4.67. The van der Waals surface area contributed by atoms with Gasteiger partial charge in [0.1, 0.15) is 5.75 Å². The van der Waals surface area contributed by atoms with Gasteiger partial charge in [-0.25, -0.2) is 0 Å². The van der Waals surface area contributed by atoms with E-state index in [1.165, 1.54) is 35.6 Å². The number of carbonyl (C=O) groups is 1. The Morgan fingerprint density at radius 3 is 2.33 bits per heavy atom. The number of hydrogen-bond donors (Lipinski definition) is 0. The highest BCUT2D eigenvalue weighted by Crippen LogP contribution is 2.24. The van der Waals surface area contributed by atoms with E-state index in [-0.39, 0.29) is 18.0 Å². The second kappa shape index (κ2) is 6.30. The molecule has 0 aliphatic heterocycles. The van der Waals surface area contributed by atoms with Gasteiger partial charge in [-0.1, -0.05) is 19.1 Å². The Hall–Kier alpha value is -1.82. The average Bonchev–Trinajstić information content (AvgIpc) is 2.88. The molecule has 21 heavy (non-hydrogen) atoms. The normalized spacial score (nSPS) is 11.4. The molecule has 0 fully saturated rings. The second-order valence-electron chi connectivity index (χ2n) is 4.41. The van der Waals surface area contributed by atoms with Gasteiger partial charge in [-0.2, -0.15) is 0 Å². The first kappa shape index (κ1) is 15.6. The van der Waals surface area contributed by atoms with Crippen LogP contribution < -0.4 is 4.74 Å². The number of thiophene rings is 1. The number of carbonyl (C=O) groups excluding carboxylic acids is 1. The van der Waals surface area contributed by atoms with Crippen LogP contribution in [0.1, 0.15) is 27.0 Å². The van der Waals surface area contributed by atoms with Crippen molar-refractivity contribution in [2.45, 2.75) is 26.1 Å². The number of Topliss-reactive ketones (excluding diaryl/α,β-unsaturated/α-hetero) is 1. The van der Waals surface area contributed by atoms with Crippen molar-refractivity contribution in [1.29, 1.82) is 0 Å². The van der Waals surface area contributed by atoms with Gasteiger partial charge >= 0.3 is 6.36 Å². The molecule has 2 aromatic rings. The van der Waals surface area contributed by atoms with Crippen molar-refractivity contribution < 1.29 is 22.7 Å². The molecule has 1 aromatic carbocycles. The minimum atomic E-state index is -4.70. The van der Waals surface area contributed by atoms with Crippen LogP contribution in [0, 0.1) is 0 Å². The van der Waals surface area contributed by atoms with Crippen LogP contribution in [-0.4, -0.2) is 12.1 Å². The van der Waals surface area contributed by atoms with Crippen molar-refractivity contribution in [2.24, 2.45) is 0 Å². The fraction of sp³-hybridized carbons (Fsp3) is 0.267. The number of aryl methyl sites for hydroxylation is 1. The summed E-state index contributed by atoms with van der Waals surface area (Å²) in [5.41, 5.74) is 0.654. The zero-order chi connectivity index (χ0) is 15.5. The molecule has 1 heterocycles. The first-order valence-corrected chi connectivity index (χ1v) is 7.15. The van der Waals surface area contributed by atoms with E-state index < -0.39 is 6.36 Å². The zero-order valence-electron chi connectivity index (χ0n) is 11.2. The summed E-state index contributed by atoms with van der Waals surface area (Å²) in [6, 6.07) is 9.05. The number of hydrogen-bond acceptors (Lipinski definition) is 3. The van der Waals surface area contributed by atoms with Gasteiger partial charge in [-0.05, 0) is 36.2 Å². The smallest absolute Gasteiger partial charge is 0.406 e. The van der Waals surface area contributed by atoms with Gasteiger partial charge in [0, 0.05) is 11.3 Å². The SMILES string of the molecule is CCc1ccc(C(=O)Cc2ccc(OC(F)(F)F)cc2)s1. The van der Waals surface area contributed by atoms with Gasteiger partial charge < -0.3 is 4.74 Å². The molecular weight excluding hydrogens is 301 g/mol. The van der Waals surface area contributed by atoms with Crippen LogP contribution in [-0.2, 0) is 12.8 Å². The van der Waals surface area contributed by atoms with Crippen molar-refractivity contribution in [3.05, 3.63) is 51.7 Å². The highest BCUT2D eigenvalue weighted by atomic mass is 32.1. The average molecular weight is 314 g/mol. The van der Waals surface area contributed by atoms with Crippen molar-refractivity contribution in [3.63, 3.8) is 0 Å². The number of halogens is 3. The maximum absolute atomic E-state index is 12.1. The van der Waals surface area contributed by atoms with Gasteiger partial charge in [0.05, 0.1) is 4.88 Å². The Balaban J connectivity index is 2.01.